The molecule has 156 valence electrons. The van der Waals surface area contributed by atoms with Gasteiger partial charge in [0.05, 0.1) is 0 Å². The molecule has 1 aromatic heterocycles. The Kier molecular flexibility index (Phi) is 11.5. The van der Waals surface area contributed by atoms with Gasteiger partial charge in [-0.3, -0.25) is 9.78 Å². The number of halogens is 1. The molecule has 0 aliphatic carbocycles. The van der Waals surface area contributed by atoms with Crippen LogP contribution in [0.3, 0.4) is 0 Å². The Bertz CT molecular complexity index is 745. The lowest BCUT2D eigenvalue weighted by molar-refractivity contribution is -0.116. The Morgan fingerprint density at radius 3 is 2.14 bits per heavy atom. The quantitative estimate of drug-likeness (QED) is 0.544. The van der Waals surface area contributed by atoms with Crippen molar-refractivity contribution in [1.82, 2.24) is 4.98 Å². The lowest BCUT2D eigenvalue weighted by atomic mass is 9.91. The number of rotatable bonds is 4. The topological polar surface area (TPSA) is 30.0 Å². The Labute approximate surface area is 171 Å². The normalized spacial score (nSPS) is 10.4. The molecule has 0 fully saturated rings. The molecule has 0 aliphatic heterocycles. The largest absolute Gasteiger partial charge is 0.300 e. The van der Waals surface area contributed by atoms with Crippen LogP contribution in [0.1, 0.15) is 78.1 Å². The molecular formula is C25H38FNO. The molecular weight excluding hydrogens is 349 g/mol. The highest BCUT2D eigenvalue weighted by Crippen LogP contribution is 2.26. The van der Waals surface area contributed by atoms with Gasteiger partial charge in [0.2, 0.25) is 0 Å². The van der Waals surface area contributed by atoms with Gasteiger partial charge in [-0.1, -0.05) is 54.0 Å². The Morgan fingerprint density at radius 2 is 1.71 bits per heavy atom. The molecule has 0 amide bonds. The molecule has 0 bridgehead atoms. The van der Waals surface area contributed by atoms with Crippen LogP contribution in [-0.4, -0.2) is 10.8 Å². The molecule has 2 rings (SSSR count). The van der Waals surface area contributed by atoms with Crippen LogP contribution in [0.2, 0.25) is 0 Å². The second-order valence-electron chi connectivity index (χ2n) is 8.13. The van der Waals surface area contributed by atoms with E-state index < -0.39 is 0 Å². The number of Topliss-reactive ketones (excluding diaryl/α,β-unsaturated/α-hetero) is 1. The van der Waals surface area contributed by atoms with E-state index in [0.717, 1.165) is 22.4 Å². The SMILES string of the molecule is CC.CC(=O)Cc1cc(C)c(-c2ccnc(C)c2)cc1F.CCCC(C)(C)C. The van der Waals surface area contributed by atoms with E-state index in [4.69, 9.17) is 0 Å². The maximum atomic E-state index is 14.0. The van der Waals surface area contributed by atoms with Gasteiger partial charge in [0.25, 0.3) is 0 Å². The second-order valence-corrected chi connectivity index (χ2v) is 8.13. The van der Waals surface area contributed by atoms with Gasteiger partial charge < -0.3 is 0 Å². The summed E-state index contributed by atoms with van der Waals surface area (Å²) in [5, 5.41) is 0. The minimum absolute atomic E-state index is 0.0363. The molecule has 0 aliphatic rings. The molecule has 3 heteroatoms. The van der Waals surface area contributed by atoms with Gasteiger partial charge in [-0.25, -0.2) is 4.39 Å². The third-order valence-corrected chi connectivity index (χ3v) is 4.04. The average Bonchev–Trinajstić information content (AvgIpc) is 2.58. The molecule has 0 unspecified atom stereocenters. The van der Waals surface area contributed by atoms with Crippen molar-refractivity contribution < 1.29 is 9.18 Å². The number of aromatic nitrogens is 1. The zero-order valence-corrected chi connectivity index (χ0v) is 19.2. The first kappa shape index (κ1) is 26.0. The second kappa shape index (κ2) is 12.4. The van der Waals surface area contributed by atoms with E-state index in [1.54, 1.807) is 12.3 Å². The fraction of sp³-hybridized carbons (Fsp3) is 0.520. The predicted molar refractivity (Wildman–Crippen MR) is 119 cm³/mol. The average molecular weight is 388 g/mol. The van der Waals surface area contributed by atoms with Crippen LogP contribution in [0.5, 0.6) is 0 Å². The van der Waals surface area contributed by atoms with Crippen LogP contribution in [0.25, 0.3) is 11.1 Å². The summed E-state index contributed by atoms with van der Waals surface area (Å²) in [7, 11) is 0. The molecule has 0 atom stereocenters. The highest BCUT2D eigenvalue weighted by Gasteiger charge is 2.11. The number of aryl methyl sites for hydroxylation is 2. The molecule has 2 nitrogen and oxygen atoms in total. The maximum Gasteiger partial charge on any atom is 0.134 e. The number of carbonyl (C=O) groups is 1. The van der Waals surface area contributed by atoms with Crippen molar-refractivity contribution in [3.63, 3.8) is 0 Å². The van der Waals surface area contributed by atoms with Crippen molar-refractivity contribution in [2.45, 2.75) is 81.6 Å². The number of hydrogen-bond donors (Lipinski definition) is 0. The first-order valence-corrected chi connectivity index (χ1v) is 10.2. The summed E-state index contributed by atoms with van der Waals surface area (Å²) in [5.41, 5.74) is 4.65. The fourth-order valence-corrected chi connectivity index (χ4v) is 2.92. The molecule has 0 radical (unpaired) electrons. The van der Waals surface area contributed by atoms with Gasteiger partial charge in [-0.05, 0) is 73.1 Å². The third-order valence-electron chi connectivity index (χ3n) is 4.04. The zero-order valence-electron chi connectivity index (χ0n) is 19.2. The van der Waals surface area contributed by atoms with Crippen LogP contribution < -0.4 is 0 Å². The van der Waals surface area contributed by atoms with E-state index in [9.17, 15) is 9.18 Å². The van der Waals surface area contributed by atoms with Gasteiger partial charge >= 0.3 is 0 Å². The van der Waals surface area contributed by atoms with E-state index in [2.05, 4.69) is 32.7 Å². The number of pyridine rings is 1. The van der Waals surface area contributed by atoms with Crippen LogP contribution >= 0.6 is 0 Å². The maximum absolute atomic E-state index is 14.0. The number of ketones is 1. The first-order valence-electron chi connectivity index (χ1n) is 10.2. The van der Waals surface area contributed by atoms with Crippen LogP contribution in [0.15, 0.2) is 30.5 Å². The van der Waals surface area contributed by atoms with Crippen LogP contribution in [0, 0.1) is 25.1 Å². The predicted octanol–water partition coefficient (Wildman–Crippen LogP) is 7.49. The molecule has 1 aromatic carbocycles. The van der Waals surface area contributed by atoms with Crippen molar-refractivity contribution >= 4 is 5.78 Å². The van der Waals surface area contributed by atoms with Gasteiger partial charge in [0.1, 0.15) is 11.6 Å². The standard InChI is InChI=1S/C16H16FNO.C7H16.C2H6/c1-10-6-14(8-12(3)19)16(17)9-15(10)13-4-5-18-11(2)7-13;1-5-6-7(2,3)4;1-2/h4-7,9H,8H2,1-3H3;5-6H2,1-4H3;1-2H3. The smallest absolute Gasteiger partial charge is 0.134 e. The Balaban J connectivity index is 0.000000688. The minimum Gasteiger partial charge on any atom is -0.300 e. The summed E-state index contributed by atoms with van der Waals surface area (Å²) >= 11 is 0. The molecule has 0 spiro atoms. The zero-order chi connectivity index (χ0) is 21.9. The van der Waals surface area contributed by atoms with Crippen molar-refractivity contribution in [3.8, 4) is 11.1 Å². The number of carbonyl (C=O) groups excluding carboxylic acids is 1. The lowest BCUT2D eigenvalue weighted by Crippen LogP contribution is -2.02. The fourth-order valence-electron chi connectivity index (χ4n) is 2.92. The minimum atomic E-state index is -0.328. The van der Waals surface area contributed by atoms with Crippen molar-refractivity contribution in [3.05, 3.63) is 53.1 Å². The van der Waals surface area contributed by atoms with Gasteiger partial charge in [0.15, 0.2) is 0 Å². The molecule has 28 heavy (non-hydrogen) atoms. The molecule has 0 saturated heterocycles. The number of hydrogen-bond acceptors (Lipinski definition) is 2. The highest BCUT2D eigenvalue weighted by molar-refractivity contribution is 5.79. The molecule has 2 aromatic rings. The molecule has 0 N–H and O–H groups in total. The number of benzene rings is 1. The van der Waals surface area contributed by atoms with Gasteiger partial charge in [0, 0.05) is 18.3 Å². The molecule has 0 saturated carbocycles. The van der Waals surface area contributed by atoms with Gasteiger partial charge in [-0.2, -0.15) is 0 Å². The van der Waals surface area contributed by atoms with Gasteiger partial charge in [-0.15, -0.1) is 0 Å². The summed E-state index contributed by atoms with van der Waals surface area (Å²) in [5.74, 6) is -0.365. The van der Waals surface area contributed by atoms with Crippen LogP contribution in [0.4, 0.5) is 4.39 Å². The summed E-state index contributed by atoms with van der Waals surface area (Å²) in [6.07, 6.45) is 4.50. The Morgan fingerprint density at radius 1 is 1.11 bits per heavy atom. The summed E-state index contributed by atoms with van der Waals surface area (Å²) < 4.78 is 14.0. The van der Waals surface area contributed by atoms with Crippen molar-refractivity contribution in [2.24, 2.45) is 5.41 Å². The third kappa shape index (κ3) is 9.77. The number of nitrogens with zero attached hydrogens (tertiary/aromatic N) is 1. The summed E-state index contributed by atoms with van der Waals surface area (Å²) in [6.45, 7) is 18.3. The summed E-state index contributed by atoms with van der Waals surface area (Å²) in [6, 6.07) is 7.04. The van der Waals surface area contributed by atoms with E-state index in [1.807, 2.05) is 39.8 Å². The monoisotopic (exact) mass is 387 g/mol. The Hall–Kier alpha value is -2.03. The van der Waals surface area contributed by atoms with E-state index in [1.165, 1.54) is 25.8 Å². The van der Waals surface area contributed by atoms with E-state index in [0.29, 0.717) is 11.0 Å². The summed E-state index contributed by atoms with van der Waals surface area (Å²) in [4.78, 5) is 15.2. The van der Waals surface area contributed by atoms with E-state index >= 15 is 0 Å². The van der Waals surface area contributed by atoms with Crippen molar-refractivity contribution in [2.75, 3.05) is 0 Å². The highest BCUT2D eigenvalue weighted by atomic mass is 19.1. The van der Waals surface area contributed by atoms with Crippen LogP contribution in [-0.2, 0) is 11.2 Å². The van der Waals surface area contributed by atoms with E-state index in [-0.39, 0.29) is 18.0 Å². The molecule has 1 heterocycles. The lowest BCUT2D eigenvalue weighted by Gasteiger charge is -2.15. The van der Waals surface area contributed by atoms with Crippen molar-refractivity contribution in [1.29, 1.82) is 0 Å². The first-order chi connectivity index (χ1) is 13.0.